The van der Waals surface area contributed by atoms with Gasteiger partial charge in [-0.15, -0.1) is 0 Å². The van der Waals surface area contributed by atoms with Gasteiger partial charge in [0.25, 0.3) is 0 Å². The van der Waals surface area contributed by atoms with Gasteiger partial charge in [0.2, 0.25) is 0 Å². The summed E-state index contributed by atoms with van der Waals surface area (Å²) < 4.78 is 12.9. The molecular weight excluding hydrogens is 189 g/mol. The monoisotopic (exact) mass is 207 g/mol. The highest BCUT2D eigenvalue weighted by molar-refractivity contribution is 5.64. The molecule has 0 N–H and O–H groups in total. The maximum absolute atomic E-state index is 12.9. The van der Waals surface area contributed by atoms with Crippen molar-refractivity contribution in [3.63, 3.8) is 0 Å². The van der Waals surface area contributed by atoms with Crippen molar-refractivity contribution < 1.29 is 4.39 Å². The standard InChI is InChI=1S/C13H18FN/c14-10-6-11-12(7-10)13(11)15-8-9-4-2-1-3-5-9/h2,4,8-13H,1,3,5-7H2/t9?,10?,11-,12?,13?/m1/s1. The second-order valence-corrected chi connectivity index (χ2v) is 5.21. The van der Waals surface area contributed by atoms with Crippen molar-refractivity contribution in [3.8, 4) is 0 Å². The van der Waals surface area contributed by atoms with E-state index in [1.54, 1.807) is 0 Å². The Morgan fingerprint density at radius 3 is 2.73 bits per heavy atom. The maximum Gasteiger partial charge on any atom is 0.101 e. The first kappa shape index (κ1) is 9.56. The van der Waals surface area contributed by atoms with E-state index in [2.05, 4.69) is 23.4 Å². The Labute approximate surface area is 90.5 Å². The molecule has 0 aliphatic heterocycles. The molecule has 0 saturated heterocycles. The molecule has 0 aromatic heterocycles. The van der Waals surface area contributed by atoms with Crippen LogP contribution in [-0.2, 0) is 0 Å². The molecule has 3 aliphatic carbocycles. The Morgan fingerprint density at radius 1 is 1.27 bits per heavy atom. The second-order valence-electron chi connectivity index (χ2n) is 5.21. The third-order valence-corrected chi connectivity index (χ3v) is 4.08. The SMILES string of the molecule is FC1CC2C(N=CC3C=CCCC3)[C@@H]2C1. The molecule has 2 heteroatoms. The van der Waals surface area contributed by atoms with Crippen LogP contribution in [0.25, 0.3) is 0 Å². The zero-order valence-corrected chi connectivity index (χ0v) is 8.98. The quantitative estimate of drug-likeness (QED) is 0.487. The number of fused-ring (bicyclic) bond motifs is 1. The summed E-state index contributed by atoms with van der Waals surface area (Å²) in [6.07, 6.45) is 11.4. The number of hydrogen-bond acceptors (Lipinski definition) is 1. The van der Waals surface area contributed by atoms with E-state index in [4.69, 9.17) is 0 Å². The average molecular weight is 207 g/mol. The van der Waals surface area contributed by atoms with E-state index < -0.39 is 6.17 Å². The van der Waals surface area contributed by atoms with Crippen LogP contribution in [-0.4, -0.2) is 18.4 Å². The van der Waals surface area contributed by atoms with Crippen LogP contribution in [0.4, 0.5) is 4.39 Å². The van der Waals surface area contributed by atoms with E-state index in [1.807, 2.05) is 0 Å². The largest absolute Gasteiger partial charge is 0.293 e. The Kier molecular flexibility index (Phi) is 2.38. The van der Waals surface area contributed by atoms with Gasteiger partial charge in [0.1, 0.15) is 6.17 Å². The molecule has 0 radical (unpaired) electrons. The molecule has 0 spiro atoms. The van der Waals surface area contributed by atoms with Gasteiger partial charge < -0.3 is 0 Å². The molecule has 82 valence electrons. The van der Waals surface area contributed by atoms with Crippen molar-refractivity contribution in [1.82, 2.24) is 0 Å². The molecule has 15 heavy (non-hydrogen) atoms. The maximum atomic E-state index is 12.9. The van der Waals surface area contributed by atoms with E-state index in [0.717, 1.165) is 12.8 Å². The number of nitrogens with zero attached hydrogens (tertiary/aromatic N) is 1. The van der Waals surface area contributed by atoms with Crippen molar-refractivity contribution in [3.05, 3.63) is 12.2 Å². The van der Waals surface area contributed by atoms with E-state index in [9.17, 15) is 4.39 Å². The molecule has 0 aromatic carbocycles. The van der Waals surface area contributed by atoms with Crippen molar-refractivity contribution in [2.45, 2.75) is 44.3 Å². The molecule has 3 rings (SSSR count). The molecular formula is C13H18FN. The summed E-state index contributed by atoms with van der Waals surface area (Å²) >= 11 is 0. The summed E-state index contributed by atoms with van der Waals surface area (Å²) in [5.74, 6) is 1.73. The van der Waals surface area contributed by atoms with Crippen LogP contribution in [0.15, 0.2) is 17.1 Å². The number of rotatable bonds is 2. The summed E-state index contributed by atoms with van der Waals surface area (Å²) in [6, 6.07) is 0.479. The minimum absolute atomic E-state index is 0.479. The zero-order valence-electron chi connectivity index (χ0n) is 8.98. The zero-order chi connectivity index (χ0) is 10.3. The number of aliphatic imine (C=N–C) groups is 1. The average Bonchev–Trinajstić information content (AvgIpc) is 2.72. The van der Waals surface area contributed by atoms with Gasteiger partial charge in [0, 0.05) is 12.1 Å². The lowest BCUT2D eigenvalue weighted by atomic mass is 9.97. The number of allylic oxidation sites excluding steroid dienone is 2. The summed E-state index contributed by atoms with van der Waals surface area (Å²) in [5.41, 5.74) is 0. The Morgan fingerprint density at radius 2 is 2.07 bits per heavy atom. The summed E-state index contributed by atoms with van der Waals surface area (Å²) in [7, 11) is 0. The van der Waals surface area contributed by atoms with Crippen LogP contribution in [0.3, 0.4) is 0 Å². The molecule has 0 amide bonds. The normalized spacial score (nSPS) is 48.5. The van der Waals surface area contributed by atoms with Gasteiger partial charge in [-0.3, -0.25) is 4.99 Å². The van der Waals surface area contributed by atoms with E-state index in [1.165, 1.54) is 19.3 Å². The molecule has 1 nitrogen and oxygen atoms in total. The van der Waals surface area contributed by atoms with Crippen LogP contribution in [0, 0.1) is 17.8 Å². The minimum Gasteiger partial charge on any atom is -0.293 e. The van der Waals surface area contributed by atoms with E-state index in [-0.39, 0.29) is 0 Å². The minimum atomic E-state index is -0.527. The highest BCUT2D eigenvalue weighted by Gasteiger charge is 2.56. The van der Waals surface area contributed by atoms with Gasteiger partial charge in [-0.25, -0.2) is 4.39 Å². The van der Waals surface area contributed by atoms with Crippen molar-refractivity contribution in [1.29, 1.82) is 0 Å². The lowest BCUT2D eigenvalue weighted by Gasteiger charge is -2.11. The van der Waals surface area contributed by atoms with E-state index >= 15 is 0 Å². The highest BCUT2D eigenvalue weighted by Crippen LogP contribution is 2.54. The number of alkyl halides is 1. The third-order valence-electron chi connectivity index (χ3n) is 4.08. The molecule has 0 aromatic rings. The highest BCUT2D eigenvalue weighted by atomic mass is 19.1. The first-order valence-electron chi connectivity index (χ1n) is 6.18. The van der Waals surface area contributed by atoms with E-state index in [0.29, 0.717) is 23.8 Å². The van der Waals surface area contributed by atoms with Gasteiger partial charge in [-0.1, -0.05) is 12.2 Å². The van der Waals surface area contributed by atoms with Crippen LogP contribution in [0.2, 0.25) is 0 Å². The lowest BCUT2D eigenvalue weighted by Crippen LogP contribution is -2.05. The Hall–Kier alpha value is -0.660. The van der Waals surface area contributed by atoms with Gasteiger partial charge in [0.05, 0.1) is 6.04 Å². The number of halogens is 1. The fraction of sp³-hybridized carbons (Fsp3) is 0.769. The Bertz CT molecular complexity index is 285. The second kappa shape index (κ2) is 3.73. The fourth-order valence-electron chi connectivity index (χ4n) is 3.13. The third kappa shape index (κ3) is 1.86. The van der Waals surface area contributed by atoms with Crippen LogP contribution in [0.1, 0.15) is 32.1 Å². The molecule has 0 bridgehead atoms. The smallest absolute Gasteiger partial charge is 0.101 e. The molecule has 4 unspecified atom stereocenters. The first-order chi connectivity index (χ1) is 7.34. The first-order valence-corrected chi connectivity index (χ1v) is 6.18. The van der Waals surface area contributed by atoms with Crippen molar-refractivity contribution in [2.75, 3.05) is 0 Å². The predicted molar refractivity (Wildman–Crippen MR) is 59.9 cm³/mol. The molecule has 0 heterocycles. The van der Waals surface area contributed by atoms with Crippen LogP contribution >= 0.6 is 0 Å². The van der Waals surface area contributed by atoms with Gasteiger partial charge in [-0.2, -0.15) is 0 Å². The molecule has 5 atom stereocenters. The Balaban J connectivity index is 1.52. The van der Waals surface area contributed by atoms with Crippen molar-refractivity contribution in [2.24, 2.45) is 22.7 Å². The molecule has 2 fully saturated rings. The lowest BCUT2D eigenvalue weighted by molar-refractivity contribution is 0.311. The number of hydrogen-bond donors (Lipinski definition) is 0. The van der Waals surface area contributed by atoms with Crippen molar-refractivity contribution >= 4 is 6.21 Å². The fourth-order valence-corrected chi connectivity index (χ4v) is 3.13. The predicted octanol–water partition coefficient (Wildman–Crippen LogP) is 3.16. The molecule has 3 aliphatic rings. The molecule has 2 saturated carbocycles. The van der Waals surface area contributed by atoms with Gasteiger partial charge in [-0.05, 0) is 43.9 Å². The summed E-state index contributed by atoms with van der Waals surface area (Å²) in [4.78, 5) is 4.64. The van der Waals surface area contributed by atoms with Crippen LogP contribution < -0.4 is 0 Å². The van der Waals surface area contributed by atoms with Gasteiger partial charge >= 0.3 is 0 Å². The van der Waals surface area contributed by atoms with Crippen LogP contribution in [0.5, 0.6) is 0 Å². The summed E-state index contributed by atoms with van der Waals surface area (Å²) in [6.45, 7) is 0. The topological polar surface area (TPSA) is 12.4 Å². The van der Waals surface area contributed by atoms with Gasteiger partial charge in [0.15, 0.2) is 0 Å². The summed E-state index contributed by atoms with van der Waals surface area (Å²) in [5, 5.41) is 0.